The van der Waals surface area contributed by atoms with Gasteiger partial charge in [0, 0.05) is 44.8 Å². The summed E-state index contributed by atoms with van der Waals surface area (Å²) in [6.45, 7) is 6.18. The molecule has 3 amide bonds. The van der Waals surface area contributed by atoms with E-state index in [0.29, 0.717) is 37.1 Å². The van der Waals surface area contributed by atoms with Gasteiger partial charge in [-0.3, -0.25) is 4.79 Å². The van der Waals surface area contributed by atoms with E-state index in [1.54, 1.807) is 0 Å². The normalized spacial score (nSPS) is 31.9. The summed E-state index contributed by atoms with van der Waals surface area (Å²) in [4.78, 5) is 29.2. The van der Waals surface area contributed by atoms with E-state index in [0.717, 1.165) is 32.2 Å². The van der Waals surface area contributed by atoms with E-state index in [-0.39, 0.29) is 17.9 Å². The third-order valence-corrected chi connectivity index (χ3v) is 6.06. The highest BCUT2D eigenvalue weighted by Crippen LogP contribution is 2.30. The number of amides is 3. The average molecular weight is 351 g/mol. The van der Waals surface area contributed by atoms with Crippen molar-refractivity contribution < 1.29 is 9.59 Å². The molecular weight excluding hydrogens is 316 g/mol. The number of urea groups is 1. The number of rotatable bonds is 4. The van der Waals surface area contributed by atoms with E-state index in [1.807, 2.05) is 16.8 Å². The third kappa shape index (κ3) is 4.46. The van der Waals surface area contributed by atoms with Crippen LogP contribution < -0.4 is 10.6 Å². The molecule has 3 unspecified atom stereocenters. The third-order valence-electron chi connectivity index (χ3n) is 6.06. The number of hydrogen-bond donors (Lipinski definition) is 2. The Hall–Kier alpha value is -1.30. The summed E-state index contributed by atoms with van der Waals surface area (Å²) in [5.41, 5.74) is 0. The number of likely N-dealkylation sites (tertiary alicyclic amines) is 1. The van der Waals surface area contributed by atoms with E-state index >= 15 is 0 Å². The minimum absolute atomic E-state index is 0.0197. The van der Waals surface area contributed by atoms with Crippen molar-refractivity contribution in [3.63, 3.8) is 0 Å². The zero-order valence-electron chi connectivity index (χ0n) is 16.0. The lowest BCUT2D eigenvalue weighted by Crippen LogP contribution is -2.53. The highest BCUT2D eigenvalue weighted by Gasteiger charge is 2.38. The fraction of sp³-hybridized carbons (Fsp3) is 0.895. The first kappa shape index (κ1) is 18.5. The predicted octanol–water partition coefficient (Wildman–Crippen LogP) is 1.81. The predicted molar refractivity (Wildman–Crippen MR) is 98.3 cm³/mol. The molecule has 3 heterocycles. The molecule has 0 aliphatic carbocycles. The second-order valence-electron chi connectivity index (χ2n) is 8.58. The minimum atomic E-state index is -0.0453. The first-order valence-electron chi connectivity index (χ1n) is 9.99. The maximum Gasteiger partial charge on any atom is 0.317 e. The lowest BCUT2D eigenvalue weighted by Gasteiger charge is -2.39. The van der Waals surface area contributed by atoms with Gasteiger partial charge in [-0.1, -0.05) is 13.8 Å². The standard InChI is InChI=1S/C19H34N4O2/c1-13(2)11-20-19(25)23-8-4-5-14(12-23)18(24)22(3)17-9-15-6-7-16(10-17)21-15/h13-17,21H,4-12H2,1-3H3,(H,20,25). The van der Waals surface area contributed by atoms with Gasteiger partial charge in [0.1, 0.15) is 0 Å². The lowest BCUT2D eigenvalue weighted by atomic mass is 9.93. The summed E-state index contributed by atoms with van der Waals surface area (Å²) in [7, 11) is 1.97. The van der Waals surface area contributed by atoms with Crippen molar-refractivity contribution in [1.29, 1.82) is 0 Å². The molecule has 2 N–H and O–H groups in total. The fourth-order valence-corrected chi connectivity index (χ4v) is 4.58. The number of nitrogens with zero attached hydrogens (tertiary/aromatic N) is 2. The van der Waals surface area contributed by atoms with Gasteiger partial charge in [-0.25, -0.2) is 4.79 Å². The number of piperidine rings is 2. The van der Waals surface area contributed by atoms with Crippen LogP contribution in [0.5, 0.6) is 0 Å². The summed E-state index contributed by atoms with van der Waals surface area (Å²) in [5, 5.41) is 6.62. The van der Waals surface area contributed by atoms with Crippen LogP contribution in [-0.2, 0) is 4.79 Å². The Morgan fingerprint density at radius 3 is 2.52 bits per heavy atom. The molecule has 142 valence electrons. The number of carbonyl (C=O) groups is 2. The number of hydrogen-bond acceptors (Lipinski definition) is 3. The van der Waals surface area contributed by atoms with E-state index in [2.05, 4.69) is 24.5 Å². The van der Waals surface area contributed by atoms with Crippen molar-refractivity contribution in [2.45, 2.75) is 70.5 Å². The van der Waals surface area contributed by atoms with Crippen molar-refractivity contribution >= 4 is 11.9 Å². The molecule has 3 atom stereocenters. The molecule has 25 heavy (non-hydrogen) atoms. The molecule has 6 heteroatoms. The maximum atomic E-state index is 13.0. The van der Waals surface area contributed by atoms with Crippen LogP contribution in [0, 0.1) is 11.8 Å². The van der Waals surface area contributed by atoms with Crippen molar-refractivity contribution in [1.82, 2.24) is 20.4 Å². The summed E-state index contributed by atoms with van der Waals surface area (Å²) < 4.78 is 0. The number of nitrogens with one attached hydrogen (secondary N) is 2. The second-order valence-corrected chi connectivity index (χ2v) is 8.58. The molecule has 0 spiro atoms. The SMILES string of the molecule is CC(C)CNC(=O)N1CCCC(C(=O)N(C)C2CC3CCC(C2)N3)C1. The largest absolute Gasteiger partial charge is 0.342 e. The topological polar surface area (TPSA) is 64.7 Å². The van der Waals surface area contributed by atoms with Crippen molar-refractivity contribution in [3.05, 3.63) is 0 Å². The van der Waals surface area contributed by atoms with Crippen LogP contribution in [0.25, 0.3) is 0 Å². The van der Waals surface area contributed by atoms with Gasteiger partial charge in [-0.2, -0.15) is 0 Å². The van der Waals surface area contributed by atoms with E-state index in [1.165, 1.54) is 12.8 Å². The molecule has 2 bridgehead atoms. The molecule has 3 rings (SSSR count). The van der Waals surface area contributed by atoms with Crippen LogP contribution in [0.2, 0.25) is 0 Å². The highest BCUT2D eigenvalue weighted by molar-refractivity contribution is 5.81. The molecule has 3 saturated heterocycles. The van der Waals surface area contributed by atoms with Gasteiger partial charge in [0.15, 0.2) is 0 Å². The Bertz CT molecular complexity index is 484. The Labute approximate surface area is 151 Å². The van der Waals surface area contributed by atoms with Gasteiger partial charge in [-0.05, 0) is 44.4 Å². The van der Waals surface area contributed by atoms with Gasteiger partial charge >= 0.3 is 6.03 Å². The van der Waals surface area contributed by atoms with Crippen molar-refractivity contribution in [2.24, 2.45) is 11.8 Å². The molecule has 6 nitrogen and oxygen atoms in total. The minimum Gasteiger partial charge on any atom is -0.342 e. The Kier molecular flexibility index (Phi) is 5.87. The van der Waals surface area contributed by atoms with Gasteiger partial charge < -0.3 is 20.4 Å². The van der Waals surface area contributed by atoms with E-state index in [9.17, 15) is 9.59 Å². The molecule has 3 aliphatic rings. The Morgan fingerprint density at radius 2 is 1.88 bits per heavy atom. The molecule has 0 aromatic heterocycles. The fourth-order valence-electron chi connectivity index (χ4n) is 4.58. The Morgan fingerprint density at radius 1 is 1.20 bits per heavy atom. The van der Waals surface area contributed by atoms with Gasteiger partial charge in [0.05, 0.1) is 5.92 Å². The summed E-state index contributed by atoms with van der Waals surface area (Å²) in [6.07, 6.45) is 6.45. The average Bonchev–Trinajstić information content (AvgIpc) is 2.96. The number of carbonyl (C=O) groups excluding carboxylic acids is 2. The first-order valence-corrected chi connectivity index (χ1v) is 9.99. The molecule has 3 aliphatic heterocycles. The zero-order valence-corrected chi connectivity index (χ0v) is 16.0. The molecule has 0 saturated carbocycles. The van der Waals surface area contributed by atoms with Crippen LogP contribution >= 0.6 is 0 Å². The Balaban J connectivity index is 1.53. The molecular formula is C19H34N4O2. The molecule has 0 radical (unpaired) electrons. The second kappa shape index (κ2) is 7.94. The van der Waals surface area contributed by atoms with Gasteiger partial charge in [0.25, 0.3) is 0 Å². The monoisotopic (exact) mass is 350 g/mol. The smallest absolute Gasteiger partial charge is 0.317 e. The van der Waals surface area contributed by atoms with Crippen molar-refractivity contribution in [2.75, 3.05) is 26.7 Å². The van der Waals surface area contributed by atoms with Crippen LogP contribution in [0.1, 0.15) is 52.4 Å². The van der Waals surface area contributed by atoms with Crippen LogP contribution in [0.3, 0.4) is 0 Å². The van der Waals surface area contributed by atoms with E-state index < -0.39 is 0 Å². The zero-order chi connectivity index (χ0) is 18.0. The van der Waals surface area contributed by atoms with Gasteiger partial charge in [-0.15, -0.1) is 0 Å². The van der Waals surface area contributed by atoms with Crippen LogP contribution in [0.4, 0.5) is 4.79 Å². The molecule has 3 fully saturated rings. The lowest BCUT2D eigenvalue weighted by molar-refractivity contribution is -0.138. The molecule has 0 aromatic carbocycles. The quantitative estimate of drug-likeness (QED) is 0.813. The summed E-state index contributed by atoms with van der Waals surface area (Å²) in [6, 6.07) is 1.51. The van der Waals surface area contributed by atoms with Crippen molar-refractivity contribution in [3.8, 4) is 0 Å². The van der Waals surface area contributed by atoms with E-state index in [4.69, 9.17) is 0 Å². The summed E-state index contributed by atoms with van der Waals surface area (Å²) >= 11 is 0. The van der Waals surface area contributed by atoms with Crippen LogP contribution in [-0.4, -0.2) is 66.5 Å². The molecule has 0 aromatic rings. The highest BCUT2D eigenvalue weighted by atomic mass is 16.2. The van der Waals surface area contributed by atoms with Gasteiger partial charge in [0.2, 0.25) is 5.91 Å². The van der Waals surface area contributed by atoms with Crippen LogP contribution in [0.15, 0.2) is 0 Å². The maximum absolute atomic E-state index is 13.0. The number of fused-ring (bicyclic) bond motifs is 2. The first-order chi connectivity index (χ1) is 11.9. The summed E-state index contributed by atoms with van der Waals surface area (Å²) in [5.74, 6) is 0.622.